The highest BCUT2D eigenvalue weighted by atomic mass is 16.2. The molecule has 1 heterocycles. The van der Waals surface area contributed by atoms with Crippen LogP contribution in [0.3, 0.4) is 0 Å². The highest BCUT2D eigenvalue weighted by Gasteiger charge is 2.33. The molecule has 1 amide bonds. The number of hydrogen-bond acceptors (Lipinski definition) is 2. The van der Waals surface area contributed by atoms with Crippen molar-refractivity contribution < 1.29 is 4.79 Å². The smallest absolute Gasteiger partial charge is 0.252 e. The quantitative estimate of drug-likeness (QED) is 0.824. The Kier molecular flexibility index (Phi) is 2.77. The van der Waals surface area contributed by atoms with E-state index in [1.807, 2.05) is 32.0 Å². The normalized spacial score (nSPS) is 18.1. The number of nitrogens with zero attached hydrogens (tertiary/aromatic N) is 1. The Labute approximate surface area is 95.6 Å². The number of aliphatic imine (C=N–C) groups is 1. The molecule has 0 fully saturated rings. The Morgan fingerprint density at radius 1 is 1.19 bits per heavy atom. The molecular weight excluding hydrogens is 200 g/mol. The summed E-state index contributed by atoms with van der Waals surface area (Å²) in [5, 5.41) is 2.83. The molecule has 16 heavy (non-hydrogen) atoms. The molecule has 1 N–H and O–H groups in total. The third-order valence-corrected chi connectivity index (χ3v) is 2.72. The summed E-state index contributed by atoms with van der Waals surface area (Å²) in [4.78, 5) is 15.9. The number of nitrogens with one attached hydrogen (secondary N) is 1. The van der Waals surface area contributed by atoms with Gasteiger partial charge in [-0.05, 0) is 25.8 Å². The van der Waals surface area contributed by atoms with Crippen LogP contribution in [0, 0.1) is 0 Å². The molecule has 0 saturated heterocycles. The molecule has 1 aliphatic rings. The molecule has 0 saturated carbocycles. The number of hydrogen-bond donors (Lipinski definition) is 1. The van der Waals surface area contributed by atoms with Gasteiger partial charge in [-0.1, -0.05) is 30.3 Å². The van der Waals surface area contributed by atoms with E-state index in [2.05, 4.69) is 22.4 Å². The Bertz CT molecular complexity index is 421. The maximum Gasteiger partial charge on any atom is 0.252 e. The monoisotopic (exact) mass is 216 g/mol. The van der Waals surface area contributed by atoms with Crippen LogP contribution in [0.4, 0.5) is 0 Å². The zero-order valence-electron chi connectivity index (χ0n) is 9.66. The predicted molar refractivity (Wildman–Crippen MR) is 64.4 cm³/mol. The van der Waals surface area contributed by atoms with Crippen molar-refractivity contribution in [3.63, 3.8) is 0 Å². The maximum absolute atomic E-state index is 11.5. The first-order valence-electron chi connectivity index (χ1n) is 5.52. The summed E-state index contributed by atoms with van der Waals surface area (Å²) >= 11 is 0. The van der Waals surface area contributed by atoms with Gasteiger partial charge in [0, 0.05) is 6.42 Å². The molecule has 1 aromatic rings. The lowest BCUT2D eigenvalue weighted by molar-refractivity contribution is -0.122. The Morgan fingerprint density at radius 3 is 2.44 bits per heavy atom. The van der Waals surface area contributed by atoms with Crippen molar-refractivity contribution >= 4 is 11.7 Å². The molecule has 0 unspecified atom stereocenters. The Morgan fingerprint density at radius 2 is 1.88 bits per heavy atom. The Hall–Kier alpha value is -1.64. The van der Waals surface area contributed by atoms with Crippen LogP contribution in [0.15, 0.2) is 35.3 Å². The first-order valence-corrected chi connectivity index (χ1v) is 5.52. The number of carbonyl (C=O) groups excluding carboxylic acids is 1. The third-order valence-electron chi connectivity index (χ3n) is 2.72. The van der Waals surface area contributed by atoms with Gasteiger partial charge < -0.3 is 5.32 Å². The minimum absolute atomic E-state index is 0.00411. The summed E-state index contributed by atoms with van der Waals surface area (Å²) in [6.07, 6.45) is 1.70. The summed E-state index contributed by atoms with van der Waals surface area (Å²) < 4.78 is 0. The van der Waals surface area contributed by atoms with Gasteiger partial charge in [-0.25, -0.2) is 0 Å². The fourth-order valence-electron chi connectivity index (χ4n) is 1.73. The predicted octanol–water partition coefficient (Wildman–Crippen LogP) is 1.93. The van der Waals surface area contributed by atoms with Crippen LogP contribution in [0.25, 0.3) is 0 Å². The first kappa shape index (κ1) is 10.9. The minimum Gasteiger partial charge on any atom is -0.312 e. The fourth-order valence-corrected chi connectivity index (χ4v) is 1.73. The maximum atomic E-state index is 11.5. The van der Waals surface area contributed by atoms with Crippen LogP contribution in [0.1, 0.15) is 25.8 Å². The van der Waals surface area contributed by atoms with Crippen molar-refractivity contribution in [2.45, 2.75) is 32.2 Å². The van der Waals surface area contributed by atoms with Gasteiger partial charge in [-0.15, -0.1) is 0 Å². The molecule has 2 rings (SSSR count). The van der Waals surface area contributed by atoms with Crippen LogP contribution in [0.2, 0.25) is 0 Å². The lowest BCUT2D eigenvalue weighted by Gasteiger charge is -2.07. The highest BCUT2D eigenvalue weighted by molar-refractivity contribution is 6.07. The third kappa shape index (κ3) is 2.30. The summed E-state index contributed by atoms with van der Waals surface area (Å²) in [5.41, 5.74) is 0.676. The van der Waals surface area contributed by atoms with Crippen molar-refractivity contribution in [3.05, 3.63) is 35.9 Å². The van der Waals surface area contributed by atoms with Gasteiger partial charge >= 0.3 is 0 Å². The van der Waals surface area contributed by atoms with E-state index in [-0.39, 0.29) is 5.91 Å². The van der Waals surface area contributed by atoms with Crippen molar-refractivity contribution in [2.24, 2.45) is 4.99 Å². The molecule has 3 nitrogen and oxygen atoms in total. The van der Waals surface area contributed by atoms with E-state index in [9.17, 15) is 4.79 Å². The van der Waals surface area contributed by atoms with Gasteiger partial charge in [0.15, 0.2) is 0 Å². The molecule has 0 bridgehead atoms. The van der Waals surface area contributed by atoms with Gasteiger partial charge in [-0.3, -0.25) is 9.79 Å². The highest BCUT2D eigenvalue weighted by Crippen LogP contribution is 2.16. The zero-order chi connectivity index (χ0) is 11.6. The lowest BCUT2D eigenvalue weighted by atomic mass is 10.1. The van der Waals surface area contributed by atoms with Gasteiger partial charge in [0.25, 0.3) is 5.91 Å². The number of carbonyl (C=O) groups is 1. The minimum atomic E-state index is -0.591. The lowest BCUT2D eigenvalue weighted by Crippen LogP contribution is -2.34. The number of aryl methyl sites for hydroxylation is 1. The fraction of sp³-hybridized carbons (Fsp3) is 0.385. The second-order valence-electron chi connectivity index (χ2n) is 4.56. The van der Waals surface area contributed by atoms with Crippen LogP contribution in [-0.2, 0) is 11.2 Å². The van der Waals surface area contributed by atoms with E-state index in [4.69, 9.17) is 0 Å². The average molecular weight is 216 g/mol. The van der Waals surface area contributed by atoms with E-state index in [0.717, 1.165) is 18.7 Å². The van der Waals surface area contributed by atoms with Crippen LogP contribution in [0.5, 0.6) is 0 Å². The molecule has 0 aromatic heterocycles. The Balaban J connectivity index is 1.96. The number of benzene rings is 1. The molecule has 0 aliphatic carbocycles. The molecular formula is C13H16N2O. The van der Waals surface area contributed by atoms with Gasteiger partial charge in [0.05, 0.1) is 0 Å². The van der Waals surface area contributed by atoms with Crippen molar-refractivity contribution in [1.82, 2.24) is 5.32 Å². The van der Waals surface area contributed by atoms with E-state index >= 15 is 0 Å². The van der Waals surface area contributed by atoms with Crippen LogP contribution in [-0.4, -0.2) is 17.3 Å². The molecule has 0 atom stereocenters. The second kappa shape index (κ2) is 4.08. The number of amides is 1. The summed E-state index contributed by atoms with van der Waals surface area (Å²) in [6, 6.07) is 10.2. The van der Waals surface area contributed by atoms with E-state index < -0.39 is 5.54 Å². The SMILES string of the molecule is CC1(C)N=C(CCc2ccccc2)NC1=O. The summed E-state index contributed by atoms with van der Waals surface area (Å²) in [7, 11) is 0. The summed E-state index contributed by atoms with van der Waals surface area (Å²) in [5.74, 6) is 0.800. The molecule has 1 aromatic carbocycles. The molecule has 1 aliphatic heterocycles. The van der Waals surface area contributed by atoms with Crippen molar-refractivity contribution in [1.29, 1.82) is 0 Å². The number of amidine groups is 1. The van der Waals surface area contributed by atoms with Gasteiger partial charge in [-0.2, -0.15) is 0 Å². The van der Waals surface area contributed by atoms with Gasteiger partial charge in [0.2, 0.25) is 0 Å². The largest absolute Gasteiger partial charge is 0.312 e. The molecule has 3 heteroatoms. The first-order chi connectivity index (χ1) is 7.58. The van der Waals surface area contributed by atoms with Crippen LogP contribution >= 0.6 is 0 Å². The zero-order valence-corrected chi connectivity index (χ0v) is 9.66. The van der Waals surface area contributed by atoms with E-state index in [1.54, 1.807) is 0 Å². The molecule has 84 valence electrons. The van der Waals surface area contributed by atoms with E-state index in [1.165, 1.54) is 5.56 Å². The molecule has 0 radical (unpaired) electrons. The molecule has 0 spiro atoms. The van der Waals surface area contributed by atoms with Gasteiger partial charge in [0.1, 0.15) is 11.4 Å². The average Bonchev–Trinajstić information content (AvgIpc) is 2.52. The van der Waals surface area contributed by atoms with Crippen LogP contribution < -0.4 is 5.32 Å². The number of rotatable bonds is 3. The van der Waals surface area contributed by atoms with Crippen molar-refractivity contribution in [3.8, 4) is 0 Å². The second-order valence-corrected chi connectivity index (χ2v) is 4.56. The summed E-state index contributed by atoms with van der Waals surface area (Å²) in [6.45, 7) is 3.66. The van der Waals surface area contributed by atoms with E-state index in [0.29, 0.717) is 0 Å². The standard InChI is InChI=1S/C13H16N2O/c1-13(2)12(16)14-11(15-13)9-8-10-6-4-3-5-7-10/h3-7H,8-9H2,1-2H3,(H,14,15,16). The van der Waals surface area contributed by atoms with Crippen molar-refractivity contribution in [2.75, 3.05) is 0 Å². The topological polar surface area (TPSA) is 41.5 Å².